The minimum absolute atomic E-state index is 0.182. The van der Waals surface area contributed by atoms with Crippen molar-refractivity contribution in [2.24, 2.45) is 0 Å². The zero-order chi connectivity index (χ0) is 22.7. The molecule has 5 rings (SSSR count). The van der Waals surface area contributed by atoms with Gasteiger partial charge in [-0.25, -0.2) is 4.79 Å². The van der Waals surface area contributed by atoms with Gasteiger partial charge in [0.05, 0.1) is 11.6 Å². The van der Waals surface area contributed by atoms with Crippen LogP contribution in [-0.2, 0) is 23.3 Å². The Hall–Kier alpha value is -3.69. The molecule has 2 unspecified atom stereocenters. The van der Waals surface area contributed by atoms with Gasteiger partial charge in [0, 0.05) is 13.0 Å². The van der Waals surface area contributed by atoms with E-state index < -0.39 is 5.60 Å². The van der Waals surface area contributed by atoms with Gasteiger partial charge in [-0.15, -0.1) is 0 Å². The van der Waals surface area contributed by atoms with Crippen molar-refractivity contribution in [2.45, 2.75) is 24.6 Å². The molecule has 0 bridgehead atoms. The maximum atomic E-state index is 13.4. The van der Waals surface area contributed by atoms with E-state index in [9.17, 15) is 4.79 Å². The lowest BCUT2D eigenvalue weighted by molar-refractivity contribution is -0.0787. The Morgan fingerprint density at radius 2 is 1.36 bits per heavy atom. The highest BCUT2D eigenvalue weighted by Gasteiger charge is 2.50. The van der Waals surface area contributed by atoms with Crippen LogP contribution >= 0.6 is 0 Å². The van der Waals surface area contributed by atoms with Crippen molar-refractivity contribution in [3.8, 4) is 0 Å². The number of cyclic esters (lactones) is 1. The first-order valence-electron chi connectivity index (χ1n) is 11.3. The van der Waals surface area contributed by atoms with E-state index in [1.165, 1.54) is 5.56 Å². The number of carbonyl (C=O) groups excluding carboxylic acids is 1. The second-order valence-electron chi connectivity index (χ2n) is 8.69. The summed E-state index contributed by atoms with van der Waals surface area (Å²) in [7, 11) is 2.11. The van der Waals surface area contributed by atoms with E-state index in [4.69, 9.17) is 4.74 Å². The van der Waals surface area contributed by atoms with Crippen LogP contribution < -0.4 is 0 Å². The third-order valence-corrected chi connectivity index (χ3v) is 6.50. The van der Waals surface area contributed by atoms with Gasteiger partial charge in [-0.05, 0) is 35.4 Å². The average Bonchev–Trinajstić information content (AvgIpc) is 2.86. The van der Waals surface area contributed by atoms with Gasteiger partial charge in [0.1, 0.15) is 0 Å². The summed E-state index contributed by atoms with van der Waals surface area (Å²) in [6, 6.07) is 38.6. The molecule has 0 amide bonds. The standard InChI is InChI=1S/C30H27NO2/c1-31(22-23-13-5-2-6-14-23)28(24-15-7-3-8-16-24)30(26-18-9-4-10-19-26)21-25-17-11-12-20-27(25)29(32)33-30/h2-20,28H,21-22H2,1H3. The molecule has 1 aliphatic rings. The van der Waals surface area contributed by atoms with Gasteiger partial charge in [-0.3, -0.25) is 4.90 Å². The van der Waals surface area contributed by atoms with Gasteiger partial charge in [0.15, 0.2) is 5.60 Å². The first kappa shape index (κ1) is 21.2. The first-order valence-corrected chi connectivity index (χ1v) is 11.3. The number of esters is 1. The number of rotatable bonds is 6. The van der Waals surface area contributed by atoms with Gasteiger partial charge in [-0.1, -0.05) is 109 Å². The molecule has 0 radical (unpaired) electrons. The number of ether oxygens (including phenoxy) is 1. The summed E-state index contributed by atoms with van der Waals surface area (Å²) < 4.78 is 6.48. The van der Waals surface area contributed by atoms with Gasteiger partial charge >= 0.3 is 5.97 Å². The predicted molar refractivity (Wildman–Crippen MR) is 131 cm³/mol. The number of carbonyl (C=O) groups is 1. The van der Waals surface area contributed by atoms with E-state index in [0.717, 1.165) is 23.2 Å². The van der Waals surface area contributed by atoms with Crippen LogP contribution in [0.15, 0.2) is 115 Å². The number of likely N-dealkylation sites (N-methyl/N-ethyl adjacent to an activating group) is 1. The normalized spacial score (nSPS) is 18.4. The molecule has 4 aromatic carbocycles. The molecule has 33 heavy (non-hydrogen) atoms. The van der Waals surface area contributed by atoms with Crippen molar-refractivity contribution in [3.05, 3.63) is 143 Å². The molecule has 4 aromatic rings. The lowest BCUT2D eigenvalue weighted by Crippen LogP contribution is -2.49. The Kier molecular flexibility index (Phi) is 5.80. The minimum atomic E-state index is -0.864. The van der Waals surface area contributed by atoms with Crippen molar-refractivity contribution in [2.75, 3.05) is 7.05 Å². The maximum absolute atomic E-state index is 13.4. The minimum Gasteiger partial charge on any atom is -0.448 e. The quantitative estimate of drug-likeness (QED) is 0.341. The van der Waals surface area contributed by atoms with Gasteiger partial charge < -0.3 is 4.74 Å². The smallest absolute Gasteiger partial charge is 0.339 e. The molecule has 2 atom stereocenters. The Labute approximate surface area is 195 Å². The van der Waals surface area contributed by atoms with Gasteiger partial charge in [-0.2, -0.15) is 0 Å². The molecule has 1 heterocycles. The van der Waals surface area contributed by atoms with Crippen molar-refractivity contribution in [1.29, 1.82) is 0 Å². The van der Waals surface area contributed by atoms with E-state index in [0.29, 0.717) is 12.0 Å². The van der Waals surface area contributed by atoms with Crippen LogP contribution in [0, 0.1) is 0 Å². The molecule has 3 heteroatoms. The van der Waals surface area contributed by atoms with Crippen molar-refractivity contribution in [3.63, 3.8) is 0 Å². The second-order valence-corrected chi connectivity index (χ2v) is 8.69. The van der Waals surface area contributed by atoms with E-state index in [-0.39, 0.29) is 12.0 Å². The molecule has 0 fully saturated rings. The largest absolute Gasteiger partial charge is 0.448 e. The molecule has 0 aliphatic carbocycles. The fraction of sp³-hybridized carbons (Fsp3) is 0.167. The summed E-state index contributed by atoms with van der Waals surface area (Å²) in [5.41, 5.74) is 4.14. The molecule has 1 aliphatic heterocycles. The average molecular weight is 434 g/mol. The third-order valence-electron chi connectivity index (χ3n) is 6.50. The van der Waals surface area contributed by atoms with Crippen LogP contribution in [0.2, 0.25) is 0 Å². The van der Waals surface area contributed by atoms with Gasteiger partial charge in [0.2, 0.25) is 0 Å². The van der Waals surface area contributed by atoms with Crippen LogP contribution in [0.1, 0.15) is 38.7 Å². The highest BCUT2D eigenvalue weighted by atomic mass is 16.6. The monoisotopic (exact) mass is 433 g/mol. The topological polar surface area (TPSA) is 29.5 Å². The number of nitrogens with zero attached hydrogens (tertiary/aromatic N) is 1. The summed E-state index contributed by atoms with van der Waals surface area (Å²) in [5.74, 6) is -0.269. The van der Waals surface area contributed by atoms with Crippen LogP contribution in [0.5, 0.6) is 0 Å². The molecule has 164 valence electrons. The highest BCUT2D eigenvalue weighted by Crippen LogP contribution is 2.48. The zero-order valence-electron chi connectivity index (χ0n) is 18.7. The summed E-state index contributed by atoms with van der Waals surface area (Å²) in [6.07, 6.45) is 0.609. The Morgan fingerprint density at radius 3 is 2.06 bits per heavy atom. The summed E-state index contributed by atoms with van der Waals surface area (Å²) in [5, 5.41) is 0. The van der Waals surface area contributed by atoms with Gasteiger partial charge in [0.25, 0.3) is 0 Å². The molecular weight excluding hydrogens is 406 g/mol. The molecule has 3 nitrogen and oxygen atoms in total. The molecule has 0 saturated carbocycles. The van der Waals surface area contributed by atoms with Crippen molar-refractivity contribution in [1.82, 2.24) is 4.90 Å². The van der Waals surface area contributed by atoms with Crippen LogP contribution in [0.4, 0.5) is 0 Å². The fourth-order valence-corrected chi connectivity index (χ4v) is 5.08. The highest BCUT2D eigenvalue weighted by molar-refractivity contribution is 5.92. The Morgan fingerprint density at radius 1 is 0.788 bits per heavy atom. The fourth-order valence-electron chi connectivity index (χ4n) is 5.08. The summed E-state index contributed by atoms with van der Waals surface area (Å²) >= 11 is 0. The van der Waals surface area contributed by atoms with Crippen LogP contribution in [0.3, 0.4) is 0 Å². The van der Waals surface area contributed by atoms with E-state index in [1.54, 1.807) is 0 Å². The molecular formula is C30H27NO2. The molecule has 0 N–H and O–H groups in total. The number of hydrogen-bond acceptors (Lipinski definition) is 3. The van der Waals surface area contributed by atoms with E-state index in [1.807, 2.05) is 54.6 Å². The van der Waals surface area contributed by atoms with Crippen molar-refractivity contribution >= 4 is 5.97 Å². The zero-order valence-corrected chi connectivity index (χ0v) is 18.7. The van der Waals surface area contributed by atoms with Crippen molar-refractivity contribution < 1.29 is 9.53 Å². The summed E-state index contributed by atoms with van der Waals surface area (Å²) in [4.78, 5) is 15.7. The summed E-state index contributed by atoms with van der Waals surface area (Å²) in [6.45, 7) is 0.730. The lowest BCUT2D eigenvalue weighted by atomic mass is 9.75. The van der Waals surface area contributed by atoms with E-state index in [2.05, 4.69) is 72.6 Å². The van der Waals surface area contributed by atoms with E-state index >= 15 is 0 Å². The SMILES string of the molecule is CN(Cc1ccccc1)C(c1ccccc1)C1(c2ccccc2)Cc2ccccc2C(=O)O1. The second kappa shape index (κ2) is 9.05. The first-order chi connectivity index (χ1) is 16.2. The lowest BCUT2D eigenvalue weighted by Gasteiger charge is -2.47. The predicted octanol–water partition coefficient (Wildman–Crippen LogP) is 6.17. The van der Waals surface area contributed by atoms with Crippen LogP contribution in [0.25, 0.3) is 0 Å². The Balaban J connectivity index is 1.69. The molecule has 0 spiro atoms. The molecule has 0 saturated heterocycles. The number of fused-ring (bicyclic) bond motifs is 1. The maximum Gasteiger partial charge on any atom is 0.339 e. The van der Waals surface area contributed by atoms with Crippen LogP contribution in [-0.4, -0.2) is 17.9 Å². The Bertz CT molecular complexity index is 1220. The molecule has 0 aromatic heterocycles. The number of hydrogen-bond donors (Lipinski definition) is 0. The third kappa shape index (κ3) is 4.08. The number of benzene rings is 4.